The fourth-order valence-corrected chi connectivity index (χ4v) is 2.14. The molecule has 3 nitrogen and oxygen atoms in total. The summed E-state index contributed by atoms with van der Waals surface area (Å²) in [6.45, 7) is 7.13. The summed E-state index contributed by atoms with van der Waals surface area (Å²) in [4.78, 5) is 4.20. The zero-order chi connectivity index (χ0) is 13.9. The topological polar surface area (TPSA) is 50.9 Å². The Morgan fingerprint density at radius 3 is 2.74 bits per heavy atom. The second-order valence-corrected chi connectivity index (χ2v) is 5.63. The van der Waals surface area contributed by atoms with Crippen molar-refractivity contribution in [2.24, 2.45) is 11.7 Å². The molecule has 0 atom stereocenters. The second kappa shape index (κ2) is 9.93. The highest BCUT2D eigenvalue weighted by Gasteiger charge is 1.97. The van der Waals surface area contributed by atoms with E-state index >= 15 is 0 Å². The Morgan fingerprint density at radius 1 is 1.21 bits per heavy atom. The smallest absolute Gasteiger partial charge is 0.0542 e. The maximum Gasteiger partial charge on any atom is 0.0542 e. The first-order chi connectivity index (χ1) is 9.22. The maximum atomic E-state index is 5.58. The minimum atomic E-state index is 0.518. The molecule has 19 heavy (non-hydrogen) atoms. The molecule has 0 bridgehead atoms. The van der Waals surface area contributed by atoms with Gasteiger partial charge in [-0.15, -0.1) is 0 Å². The molecule has 1 aromatic rings. The molecule has 1 rings (SSSR count). The average molecular weight is 263 g/mol. The van der Waals surface area contributed by atoms with Crippen molar-refractivity contribution in [3.63, 3.8) is 0 Å². The summed E-state index contributed by atoms with van der Waals surface area (Å²) in [5, 5.41) is 3.48. The summed E-state index contributed by atoms with van der Waals surface area (Å²) >= 11 is 0. The molecular formula is C16H29N3. The van der Waals surface area contributed by atoms with Crippen LogP contribution in [0.2, 0.25) is 0 Å². The van der Waals surface area contributed by atoms with Crippen LogP contribution in [0.3, 0.4) is 0 Å². The summed E-state index contributed by atoms with van der Waals surface area (Å²) in [6, 6.07) is 4.13. The van der Waals surface area contributed by atoms with Crippen LogP contribution in [-0.4, -0.2) is 11.5 Å². The van der Waals surface area contributed by atoms with Gasteiger partial charge in [-0.2, -0.15) is 0 Å². The van der Waals surface area contributed by atoms with E-state index in [9.17, 15) is 0 Å². The van der Waals surface area contributed by atoms with Crippen molar-refractivity contribution < 1.29 is 0 Å². The highest BCUT2D eigenvalue weighted by Crippen LogP contribution is 2.09. The quantitative estimate of drug-likeness (QED) is 0.637. The molecule has 0 saturated heterocycles. The van der Waals surface area contributed by atoms with E-state index in [1.54, 1.807) is 0 Å². The Morgan fingerprint density at radius 2 is 2.00 bits per heavy atom. The predicted octanol–water partition coefficient (Wildman–Crippen LogP) is 3.24. The van der Waals surface area contributed by atoms with Gasteiger partial charge in [0, 0.05) is 19.3 Å². The third-order valence-corrected chi connectivity index (χ3v) is 3.30. The lowest BCUT2D eigenvalue weighted by atomic mass is 10.0. The zero-order valence-corrected chi connectivity index (χ0v) is 12.5. The first kappa shape index (κ1) is 16.1. The molecule has 0 fully saturated rings. The molecule has 0 aliphatic carbocycles. The Bertz CT molecular complexity index is 337. The van der Waals surface area contributed by atoms with Crippen LogP contribution in [0.1, 0.15) is 57.2 Å². The number of aromatic nitrogens is 1. The fraction of sp³-hybridized carbons (Fsp3) is 0.688. The van der Waals surface area contributed by atoms with Crippen molar-refractivity contribution in [1.82, 2.24) is 10.3 Å². The maximum absolute atomic E-state index is 5.58. The van der Waals surface area contributed by atoms with Gasteiger partial charge in [0.15, 0.2) is 0 Å². The van der Waals surface area contributed by atoms with E-state index in [4.69, 9.17) is 5.73 Å². The molecule has 0 aliphatic rings. The molecule has 3 heteroatoms. The number of rotatable bonds is 10. The molecule has 0 spiro atoms. The summed E-state index contributed by atoms with van der Waals surface area (Å²) in [7, 11) is 0. The standard InChI is InChI=1S/C16H29N3/c1-14(2)7-5-3-4-6-9-18-13-15-8-10-19-16(11-15)12-17/h8,10-11,14,18H,3-7,9,12-13,17H2,1-2H3. The van der Waals surface area contributed by atoms with Crippen molar-refractivity contribution >= 4 is 0 Å². The molecular weight excluding hydrogens is 234 g/mol. The lowest BCUT2D eigenvalue weighted by molar-refractivity contribution is 0.512. The third kappa shape index (κ3) is 7.96. The van der Waals surface area contributed by atoms with Crippen LogP contribution in [0.5, 0.6) is 0 Å². The highest BCUT2D eigenvalue weighted by atomic mass is 14.8. The zero-order valence-electron chi connectivity index (χ0n) is 12.5. The van der Waals surface area contributed by atoms with Crippen molar-refractivity contribution in [1.29, 1.82) is 0 Å². The monoisotopic (exact) mass is 263 g/mol. The van der Waals surface area contributed by atoms with Crippen LogP contribution in [0, 0.1) is 5.92 Å². The number of hydrogen-bond acceptors (Lipinski definition) is 3. The summed E-state index contributed by atoms with van der Waals surface area (Å²) in [5.74, 6) is 0.849. The number of unbranched alkanes of at least 4 members (excludes halogenated alkanes) is 3. The number of hydrogen-bond donors (Lipinski definition) is 2. The van der Waals surface area contributed by atoms with Gasteiger partial charge in [-0.1, -0.05) is 39.5 Å². The molecule has 0 aliphatic heterocycles. The molecule has 0 saturated carbocycles. The first-order valence-electron chi connectivity index (χ1n) is 7.57. The average Bonchev–Trinajstić information content (AvgIpc) is 2.41. The summed E-state index contributed by atoms with van der Waals surface area (Å²) in [6.07, 6.45) is 8.56. The lowest BCUT2D eigenvalue weighted by Gasteiger charge is -2.07. The van der Waals surface area contributed by atoms with Gasteiger partial charge in [-0.05, 0) is 36.6 Å². The second-order valence-electron chi connectivity index (χ2n) is 5.63. The predicted molar refractivity (Wildman–Crippen MR) is 81.8 cm³/mol. The van der Waals surface area contributed by atoms with E-state index in [-0.39, 0.29) is 0 Å². The number of nitrogens with zero attached hydrogens (tertiary/aromatic N) is 1. The van der Waals surface area contributed by atoms with Crippen LogP contribution >= 0.6 is 0 Å². The van der Waals surface area contributed by atoms with Gasteiger partial charge in [0.25, 0.3) is 0 Å². The number of pyridine rings is 1. The van der Waals surface area contributed by atoms with Gasteiger partial charge in [0.05, 0.1) is 5.69 Å². The minimum Gasteiger partial charge on any atom is -0.325 e. The van der Waals surface area contributed by atoms with Gasteiger partial charge in [0.1, 0.15) is 0 Å². The number of nitrogens with two attached hydrogens (primary N) is 1. The molecule has 0 aromatic carbocycles. The van der Waals surface area contributed by atoms with Gasteiger partial charge in [-0.3, -0.25) is 4.98 Å². The Labute approximate surface area is 118 Å². The first-order valence-corrected chi connectivity index (χ1v) is 7.57. The molecule has 1 aromatic heterocycles. The summed E-state index contributed by atoms with van der Waals surface area (Å²) < 4.78 is 0. The Hall–Kier alpha value is -0.930. The molecule has 0 unspecified atom stereocenters. The summed E-state index contributed by atoms with van der Waals surface area (Å²) in [5.41, 5.74) is 7.82. The molecule has 108 valence electrons. The van der Waals surface area contributed by atoms with E-state index < -0.39 is 0 Å². The number of nitrogens with one attached hydrogen (secondary N) is 1. The SMILES string of the molecule is CC(C)CCCCCCNCc1ccnc(CN)c1. The largest absolute Gasteiger partial charge is 0.325 e. The Kier molecular flexibility index (Phi) is 8.43. The van der Waals surface area contributed by atoms with Crippen molar-refractivity contribution in [3.8, 4) is 0 Å². The molecule has 1 heterocycles. The van der Waals surface area contributed by atoms with Crippen LogP contribution in [0.25, 0.3) is 0 Å². The van der Waals surface area contributed by atoms with E-state index in [2.05, 4.69) is 36.3 Å². The normalized spacial score (nSPS) is 11.2. The van der Waals surface area contributed by atoms with Crippen molar-refractivity contribution in [3.05, 3.63) is 29.6 Å². The minimum absolute atomic E-state index is 0.518. The van der Waals surface area contributed by atoms with Crippen LogP contribution < -0.4 is 11.1 Å². The van der Waals surface area contributed by atoms with Crippen LogP contribution in [0.4, 0.5) is 0 Å². The van der Waals surface area contributed by atoms with E-state index in [0.29, 0.717) is 6.54 Å². The van der Waals surface area contributed by atoms with Crippen molar-refractivity contribution in [2.45, 2.75) is 59.0 Å². The molecule has 3 N–H and O–H groups in total. The van der Waals surface area contributed by atoms with Crippen LogP contribution in [0.15, 0.2) is 18.3 Å². The van der Waals surface area contributed by atoms with Crippen molar-refractivity contribution in [2.75, 3.05) is 6.54 Å². The third-order valence-electron chi connectivity index (χ3n) is 3.30. The molecule has 0 radical (unpaired) electrons. The van der Waals surface area contributed by atoms with E-state index in [0.717, 1.165) is 24.7 Å². The Balaban J connectivity index is 2.01. The van der Waals surface area contributed by atoms with E-state index in [1.165, 1.54) is 37.7 Å². The van der Waals surface area contributed by atoms with Gasteiger partial charge < -0.3 is 11.1 Å². The molecule has 0 amide bonds. The van der Waals surface area contributed by atoms with E-state index in [1.807, 2.05) is 6.20 Å². The fourth-order valence-electron chi connectivity index (χ4n) is 2.14. The van der Waals surface area contributed by atoms with Crippen LogP contribution in [-0.2, 0) is 13.1 Å². The van der Waals surface area contributed by atoms with Gasteiger partial charge in [0.2, 0.25) is 0 Å². The lowest BCUT2D eigenvalue weighted by Crippen LogP contribution is -2.15. The van der Waals surface area contributed by atoms with Gasteiger partial charge in [-0.25, -0.2) is 0 Å². The van der Waals surface area contributed by atoms with Gasteiger partial charge >= 0.3 is 0 Å². The highest BCUT2D eigenvalue weighted by molar-refractivity contribution is 5.15.